The number of amides is 1. The molecule has 0 spiro atoms. The molecular formula is C21H28N4O2S. The Morgan fingerprint density at radius 2 is 1.79 bits per heavy atom. The summed E-state index contributed by atoms with van der Waals surface area (Å²) < 4.78 is 9.83. The number of hydrogen-bond acceptors (Lipinski definition) is 6. The molecule has 0 radical (unpaired) electrons. The minimum atomic E-state index is 0.0976. The molecule has 4 atom stereocenters. The number of carbonyl (C=O) groups is 1. The minimum Gasteiger partial charge on any atom is -0.372 e. The lowest BCUT2D eigenvalue weighted by Crippen LogP contribution is -2.50. The number of aromatic nitrogens is 2. The van der Waals surface area contributed by atoms with E-state index in [1.54, 1.807) is 0 Å². The Bertz CT molecular complexity index is 785. The molecule has 7 heteroatoms. The Balaban J connectivity index is 1.48. The molecule has 0 saturated carbocycles. The fourth-order valence-corrected chi connectivity index (χ4v) is 4.99. The number of carbonyl (C=O) groups excluding carboxylic acids is 1. The molecule has 2 aliphatic rings. The number of likely N-dealkylation sites (tertiary alicyclic amines) is 1. The van der Waals surface area contributed by atoms with E-state index in [1.165, 1.54) is 22.7 Å². The van der Waals surface area contributed by atoms with Gasteiger partial charge in [0.2, 0.25) is 5.91 Å². The summed E-state index contributed by atoms with van der Waals surface area (Å²) in [4.78, 5) is 17.2. The average molecular weight is 401 g/mol. The number of nitrogens with zero attached hydrogens (tertiary/aromatic N) is 4. The lowest BCUT2D eigenvalue weighted by molar-refractivity contribution is -0.144. The van der Waals surface area contributed by atoms with Crippen LogP contribution in [0, 0.1) is 6.92 Å². The molecule has 0 aliphatic carbocycles. The van der Waals surface area contributed by atoms with Gasteiger partial charge in [-0.1, -0.05) is 34.3 Å². The van der Waals surface area contributed by atoms with E-state index >= 15 is 0 Å². The predicted molar refractivity (Wildman–Crippen MR) is 110 cm³/mol. The van der Waals surface area contributed by atoms with Crippen LogP contribution in [0.4, 0.5) is 0 Å². The van der Waals surface area contributed by atoms with Gasteiger partial charge in [0.05, 0.1) is 24.4 Å². The molecule has 3 heterocycles. The number of benzene rings is 1. The van der Waals surface area contributed by atoms with Crippen LogP contribution in [0.3, 0.4) is 0 Å². The Hall–Kier alpha value is -1.83. The Labute approximate surface area is 170 Å². The fourth-order valence-electron chi connectivity index (χ4n) is 4.47. The van der Waals surface area contributed by atoms with E-state index in [-0.39, 0.29) is 24.0 Å². The van der Waals surface area contributed by atoms with Crippen LogP contribution < -0.4 is 0 Å². The standard InChI is InChI=1S/C21H28N4O2S/c1-14-4-6-17(7-5-14)18-10-24(11-19(18)20-13-28-23-22-20)12-21(26)25-8-15(2)27-16(3)9-25/h4-7,13,15-16,18-19H,8-12H2,1-3H3/t15?,16?,18-,19+/m0/s1. The highest BCUT2D eigenvalue weighted by Crippen LogP contribution is 2.39. The highest BCUT2D eigenvalue weighted by Gasteiger charge is 2.38. The third-order valence-corrected chi connectivity index (χ3v) is 6.31. The van der Waals surface area contributed by atoms with Gasteiger partial charge in [-0.05, 0) is 37.9 Å². The second kappa shape index (κ2) is 8.27. The van der Waals surface area contributed by atoms with E-state index in [9.17, 15) is 4.79 Å². The van der Waals surface area contributed by atoms with E-state index in [0.717, 1.165) is 18.8 Å². The van der Waals surface area contributed by atoms with Crippen molar-refractivity contribution in [1.82, 2.24) is 19.4 Å². The van der Waals surface area contributed by atoms with Crippen LogP contribution >= 0.6 is 11.5 Å². The van der Waals surface area contributed by atoms with Crippen LogP contribution in [-0.4, -0.2) is 70.2 Å². The summed E-state index contributed by atoms with van der Waals surface area (Å²) in [6.45, 7) is 9.69. The van der Waals surface area contributed by atoms with Crippen molar-refractivity contribution in [3.05, 3.63) is 46.5 Å². The fraction of sp³-hybridized carbons (Fsp3) is 0.571. The molecule has 6 nitrogen and oxygen atoms in total. The third-order valence-electron chi connectivity index (χ3n) is 5.79. The van der Waals surface area contributed by atoms with Crippen molar-refractivity contribution in [1.29, 1.82) is 0 Å². The van der Waals surface area contributed by atoms with Crippen molar-refractivity contribution in [3.63, 3.8) is 0 Å². The van der Waals surface area contributed by atoms with Crippen LogP contribution in [0.2, 0.25) is 0 Å². The van der Waals surface area contributed by atoms with Gasteiger partial charge in [0.1, 0.15) is 0 Å². The first-order valence-corrected chi connectivity index (χ1v) is 10.8. The van der Waals surface area contributed by atoms with Gasteiger partial charge in [-0.2, -0.15) is 0 Å². The molecule has 1 amide bonds. The second-order valence-corrected chi connectivity index (χ2v) is 8.81. The van der Waals surface area contributed by atoms with Crippen molar-refractivity contribution in [2.45, 2.75) is 44.8 Å². The Morgan fingerprint density at radius 1 is 1.11 bits per heavy atom. The molecular weight excluding hydrogens is 372 g/mol. The monoisotopic (exact) mass is 400 g/mol. The molecule has 2 saturated heterocycles. The van der Waals surface area contributed by atoms with Gasteiger partial charge in [0.15, 0.2) is 0 Å². The normalized spacial score (nSPS) is 28.6. The molecule has 28 heavy (non-hydrogen) atoms. The summed E-state index contributed by atoms with van der Waals surface area (Å²) in [6, 6.07) is 8.75. The van der Waals surface area contributed by atoms with Gasteiger partial charge in [-0.25, -0.2) is 0 Å². The van der Waals surface area contributed by atoms with E-state index in [1.807, 2.05) is 24.1 Å². The lowest BCUT2D eigenvalue weighted by Gasteiger charge is -2.36. The highest BCUT2D eigenvalue weighted by atomic mass is 32.1. The lowest BCUT2D eigenvalue weighted by atomic mass is 9.87. The minimum absolute atomic E-state index is 0.0976. The number of rotatable bonds is 4. The van der Waals surface area contributed by atoms with Gasteiger partial charge < -0.3 is 9.64 Å². The quantitative estimate of drug-likeness (QED) is 0.790. The van der Waals surface area contributed by atoms with Crippen LogP contribution in [0.25, 0.3) is 0 Å². The number of aryl methyl sites for hydroxylation is 1. The van der Waals surface area contributed by atoms with Crippen LogP contribution in [0.1, 0.15) is 42.5 Å². The average Bonchev–Trinajstić information content (AvgIpc) is 3.31. The summed E-state index contributed by atoms with van der Waals surface area (Å²) in [7, 11) is 0. The van der Waals surface area contributed by atoms with Gasteiger partial charge in [-0.3, -0.25) is 9.69 Å². The number of morpholine rings is 1. The van der Waals surface area contributed by atoms with Crippen LogP contribution in [0.15, 0.2) is 29.6 Å². The highest BCUT2D eigenvalue weighted by molar-refractivity contribution is 7.03. The maximum atomic E-state index is 12.9. The second-order valence-electron chi connectivity index (χ2n) is 8.20. The third kappa shape index (κ3) is 4.26. The van der Waals surface area contributed by atoms with E-state index < -0.39 is 0 Å². The van der Waals surface area contributed by atoms with Crippen molar-refractivity contribution >= 4 is 17.4 Å². The van der Waals surface area contributed by atoms with Crippen LogP contribution in [0.5, 0.6) is 0 Å². The molecule has 0 bridgehead atoms. The van der Waals surface area contributed by atoms with E-state index in [0.29, 0.717) is 25.6 Å². The first kappa shape index (κ1) is 19.5. The molecule has 0 N–H and O–H groups in total. The Kier molecular flexibility index (Phi) is 5.75. The molecule has 2 unspecified atom stereocenters. The zero-order valence-electron chi connectivity index (χ0n) is 16.7. The van der Waals surface area contributed by atoms with Crippen molar-refractivity contribution in [2.75, 3.05) is 32.7 Å². The largest absolute Gasteiger partial charge is 0.372 e. The maximum Gasteiger partial charge on any atom is 0.236 e. The molecule has 2 aliphatic heterocycles. The molecule has 4 rings (SSSR count). The molecule has 1 aromatic heterocycles. The summed E-state index contributed by atoms with van der Waals surface area (Å²) in [5, 5.41) is 6.39. The van der Waals surface area contributed by atoms with Crippen molar-refractivity contribution in [3.8, 4) is 0 Å². The topological polar surface area (TPSA) is 58.6 Å². The summed E-state index contributed by atoms with van der Waals surface area (Å²) >= 11 is 1.40. The molecule has 2 aromatic rings. The SMILES string of the molecule is Cc1ccc([C@@H]2CN(CC(=O)N3CC(C)OC(C)C3)C[C@H]2c2csnn2)cc1. The van der Waals surface area contributed by atoms with Gasteiger partial charge in [0, 0.05) is 43.4 Å². The molecule has 1 aromatic carbocycles. The first-order chi connectivity index (χ1) is 13.5. The van der Waals surface area contributed by atoms with Crippen molar-refractivity contribution < 1.29 is 9.53 Å². The van der Waals surface area contributed by atoms with Gasteiger partial charge in [0.25, 0.3) is 0 Å². The zero-order chi connectivity index (χ0) is 19.7. The maximum absolute atomic E-state index is 12.9. The number of hydrogen-bond donors (Lipinski definition) is 0. The smallest absolute Gasteiger partial charge is 0.236 e. The van der Waals surface area contributed by atoms with Crippen molar-refractivity contribution in [2.24, 2.45) is 0 Å². The predicted octanol–water partition coefficient (Wildman–Crippen LogP) is 2.67. The molecule has 2 fully saturated rings. The summed E-state index contributed by atoms with van der Waals surface area (Å²) in [6.07, 6.45) is 0.195. The van der Waals surface area contributed by atoms with Crippen LogP contribution in [-0.2, 0) is 9.53 Å². The summed E-state index contributed by atoms with van der Waals surface area (Å²) in [5.74, 6) is 0.804. The van der Waals surface area contributed by atoms with E-state index in [2.05, 4.69) is 45.7 Å². The molecule has 150 valence electrons. The first-order valence-electron chi connectivity index (χ1n) is 9.98. The zero-order valence-corrected chi connectivity index (χ0v) is 17.6. The Morgan fingerprint density at radius 3 is 2.43 bits per heavy atom. The number of ether oxygens (including phenoxy) is 1. The van der Waals surface area contributed by atoms with Gasteiger partial charge in [-0.15, -0.1) is 5.10 Å². The van der Waals surface area contributed by atoms with Gasteiger partial charge >= 0.3 is 0 Å². The summed E-state index contributed by atoms with van der Waals surface area (Å²) in [5.41, 5.74) is 3.61. The van der Waals surface area contributed by atoms with E-state index in [4.69, 9.17) is 4.74 Å².